The van der Waals surface area contributed by atoms with Crippen molar-refractivity contribution in [3.8, 4) is 0 Å². The molecular formula is C9H20Si. The van der Waals surface area contributed by atoms with Crippen molar-refractivity contribution in [1.82, 2.24) is 0 Å². The Morgan fingerprint density at radius 3 is 2.10 bits per heavy atom. The Bertz CT molecular complexity index is 117. The van der Waals surface area contributed by atoms with Gasteiger partial charge >= 0.3 is 0 Å². The lowest BCUT2D eigenvalue weighted by molar-refractivity contribution is 1.16. The molecule has 0 bridgehead atoms. The molecule has 0 N–H and O–H groups in total. The minimum absolute atomic E-state index is 0.826. The summed E-state index contributed by atoms with van der Waals surface area (Å²) in [5.41, 5.74) is 1.58. The van der Waals surface area contributed by atoms with Gasteiger partial charge in [-0.15, -0.1) is 0 Å². The van der Waals surface area contributed by atoms with E-state index in [-0.39, 0.29) is 0 Å². The van der Waals surface area contributed by atoms with Crippen LogP contribution in [0.2, 0.25) is 25.7 Å². The molecule has 0 aliphatic rings. The molecule has 0 aromatic heterocycles. The Labute approximate surface area is 66.4 Å². The van der Waals surface area contributed by atoms with E-state index in [9.17, 15) is 0 Å². The minimum atomic E-state index is -0.826. The first-order chi connectivity index (χ1) is 4.45. The van der Waals surface area contributed by atoms with Gasteiger partial charge in [0, 0.05) is 8.07 Å². The van der Waals surface area contributed by atoms with E-state index in [0.29, 0.717) is 0 Å². The highest BCUT2D eigenvalue weighted by atomic mass is 28.3. The Morgan fingerprint density at radius 2 is 1.80 bits per heavy atom. The van der Waals surface area contributed by atoms with Gasteiger partial charge in [0.25, 0.3) is 0 Å². The van der Waals surface area contributed by atoms with E-state index in [1.165, 1.54) is 12.5 Å². The molecule has 0 amide bonds. The number of hydrogen-bond acceptors (Lipinski definition) is 0. The van der Waals surface area contributed by atoms with Crippen LogP contribution in [0.25, 0.3) is 0 Å². The summed E-state index contributed by atoms with van der Waals surface area (Å²) in [6.45, 7) is 11.7. The highest BCUT2D eigenvalue weighted by molar-refractivity contribution is 6.76. The number of rotatable bonds is 3. The van der Waals surface area contributed by atoms with Crippen molar-refractivity contribution >= 4 is 8.07 Å². The molecule has 10 heavy (non-hydrogen) atoms. The molecule has 0 aromatic rings. The zero-order valence-electron chi connectivity index (χ0n) is 7.99. The quantitative estimate of drug-likeness (QED) is 0.432. The second kappa shape index (κ2) is 3.97. The lowest BCUT2D eigenvalue weighted by atomic mass is 10.3. The topological polar surface area (TPSA) is 0 Å². The summed E-state index contributed by atoms with van der Waals surface area (Å²) in [5.74, 6) is 0. The van der Waals surface area contributed by atoms with Gasteiger partial charge in [-0.25, -0.2) is 0 Å². The van der Waals surface area contributed by atoms with E-state index in [0.717, 1.165) is 0 Å². The zero-order chi connectivity index (χ0) is 8.20. The maximum Gasteiger partial charge on any atom is 0.0483 e. The van der Waals surface area contributed by atoms with Crippen LogP contribution in [0.15, 0.2) is 11.6 Å². The Hall–Kier alpha value is -0.0431. The van der Waals surface area contributed by atoms with Crippen molar-refractivity contribution in [1.29, 1.82) is 0 Å². The fraction of sp³-hybridized carbons (Fsp3) is 0.778. The van der Waals surface area contributed by atoms with Crippen molar-refractivity contribution in [2.45, 2.75) is 46.0 Å². The van der Waals surface area contributed by atoms with Gasteiger partial charge in [-0.2, -0.15) is 0 Å². The second-order valence-corrected chi connectivity index (χ2v) is 9.67. The first-order valence-electron chi connectivity index (χ1n) is 4.11. The third-order valence-corrected chi connectivity index (χ3v) is 2.98. The molecule has 0 aliphatic carbocycles. The molecule has 0 aromatic carbocycles. The van der Waals surface area contributed by atoms with Gasteiger partial charge in [0.2, 0.25) is 0 Å². The molecule has 0 spiro atoms. The van der Waals surface area contributed by atoms with Crippen molar-refractivity contribution in [3.05, 3.63) is 11.6 Å². The summed E-state index contributed by atoms with van der Waals surface area (Å²) in [6, 6.07) is 1.36. The van der Waals surface area contributed by atoms with Crippen molar-refractivity contribution in [3.63, 3.8) is 0 Å². The molecule has 0 nitrogen and oxygen atoms in total. The average Bonchev–Trinajstić information content (AvgIpc) is 1.59. The molecule has 1 heteroatoms. The van der Waals surface area contributed by atoms with E-state index >= 15 is 0 Å². The maximum atomic E-state index is 2.42. The van der Waals surface area contributed by atoms with Gasteiger partial charge in [-0.3, -0.25) is 0 Å². The van der Waals surface area contributed by atoms with Gasteiger partial charge in [0.15, 0.2) is 0 Å². The standard InChI is InChI=1S/C9H20Si/c1-6-7-9(2)8-10(3,4)5/h7H,6,8H2,1-5H3/b9-7+. The maximum absolute atomic E-state index is 2.42. The molecule has 0 radical (unpaired) electrons. The summed E-state index contributed by atoms with van der Waals surface area (Å²) >= 11 is 0. The predicted octanol–water partition coefficient (Wildman–Crippen LogP) is 3.68. The molecule has 0 heterocycles. The first-order valence-corrected chi connectivity index (χ1v) is 7.82. The van der Waals surface area contributed by atoms with Crippen molar-refractivity contribution in [2.24, 2.45) is 0 Å². The second-order valence-electron chi connectivity index (χ2n) is 4.20. The van der Waals surface area contributed by atoms with Gasteiger partial charge in [-0.05, 0) is 19.4 Å². The van der Waals surface area contributed by atoms with Crippen LogP contribution in [0.3, 0.4) is 0 Å². The van der Waals surface area contributed by atoms with Gasteiger partial charge < -0.3 is 0 Å². The van der Waals surface area contributed by atoms with Crippen molar-refractivity contribution < 1.29 is 0 Å². The van der Waals surface area contributed by atoms with Crippen LogP contribution in [-0.4, -0.2) is 8.07 Å². The summed E-state index contributed by atoms with van der Waals surface area (Å²) in [6.07, 6.45) is 3.54. The molecule has 60 valence electrons. The molecule has 0 unspecified atom stereocenters. The lowest BCUT2D eigenvalue weighted by Gasteiger charge is -2.15. The van der Waals surface area contributed by atoms with E-state index in [1.807, 2.05) is 0 Å². The zero-order valence-corrected chi connectivity index (χ0v) is 8.99. The fourth-order valence-electron chi connectivity index (χ4n) is 1.26. The Kier molecular flexibility index (Phi) is 3.95. The summed E-state index contributed by atoms with van der Waals surface area (Å²) < 4.78 is 0. The number of hydrogen-bond donors (Lipinski definition) is 0. The summed E-state index contributed by atoms with van der Waals surface area (Å²) in [7, 11) is -0.826. The average molecular weight is 156 g/mol. The highest BCUT2D eigenvalue weighted by Gasteiger charge is 2.12. The SMILES string of the molecule is CC/C=C(\C)C[Si](C)(C)C. The van der Waals surface area contributed by atoms with Crippen molar-refractivity contribution in [2.75, 3.05) is 0 Å². The van der Waals surface area contributed by atoms with E-state index in [4.69, 9.17) is 0 Å². The van der Waals surface area contributed by atoms with Gasteiger partial charge in [-0.1, -0.05) is 38.2 Å². The first kappa shape index (κ1) is 9.96. The van der Waals surface area contributed by atoms with E-state index in [2.05, 4.69) is 39.6 Å². The van der Waals surface area contributed by atoms with Crippen LogP contribution in [0, 0.1) is 0 Å². The fourth-order valence-corrected chi connectivity index (χ4v) is 3.07. The monoisotopic (exact) mass is 156 g/mol. The van der Waals surface area contributed by atoms with Crippen LogP contribution < -0.4 is 0 Å². The third-order valence-electron chi connectivity index (χ3n) is 1.36. The largest absolute Gasteiger partial charge is 0.0862 e. The van der Waals surface area contributed by atoms with Gasteiger partial charge in [0.1, 0.15) is 0 Å². The summed E-state index contributed by atoms with van der Waals surface area (Å²) in [5, 5.41) is 0. The predicted molar refractivity (Wildman–Crippen MR) is 52.2 cm³/mol. The molecule has 0 saturated carbocycles. The highest BCUT2D eigenvalue weighted by Crippen LogP contribution is 2.15. The lowest BCUT2D eigenvalue weighted by Crippen LogP contribution is -2.19. The van der Waals surface area contributed by atoms with Crippen LogP contribution in [0.4, 0.5) is 0 Å². The van der Waals surface area contributed by atoms with Gasteiger partial charge in [0.05, 0.1) is 0 Å². The normalized spacial score (nSPS) is 13.9. The molecule has 0 fully saturated rings. The smallest absolute Gasteiger partial charge is 0.0483 e. The van der Waals surface area contributed by atoms with Crippen LogP contribution >= 0.6 is 0 Å². The van der Waals surface area contributed by atoms with Crippen LogP contribution in [-0.2, 0) is 0 Å². The molecule has 0 saturated heterocycles. The molecular weight excluding hydrogens is 136 g/mol. The molecule has 0 rings (SSSR count). The van der Waals surface area contributed by atoms with E-state index < -0.39 is 8.07 Å². The van der Waals surface area contributed by atoms with E-state index in [1.54, 1.807) is 5.57 Å². The minimum Gasteiger partial charge on any atom is -0.0862 e. The van der Waals surface area contributed by atoms with Crippen LogP contribution in [0.1, 0.15) is 20.3 Å². The summed E-state index contributed by atoms with van der Waals surface area (Å²) in [4.78, 5) is 0. The van der Waals surface area contributed by atoms with Crippen LogP contribution in [0.5, 0.6) is 0 Å². The molecule has 0 aliphatic heterocycles. The number of allylic oxidation sites excluding steroid dienone is 2. The Balaban J connectivity index is 3.79. The molecule has 0 atom stereocenters. The third kappa shape index (κ3) is 6.08. The Morgan fingerprint density at radius 1 is 1.30 bits per heavy atom.